The van der Waals surface area contributed by atoms with Crippen LogP contribution in [-0.4, -0.2) is 40.0 Å². The fourth-order valence-electron chi connectivity index (χ4n) is 2.10. The Kier molecular flexibility index (Phi) is 3.81. The molecule has 2 heterocycles. The van der Waals surface area contributed by atoms with Crippen LogP contribution in [0.4, 0.5) is 0 Å². The van der Waals surface area contributed by atoms with Gasteiger partial charge in [0.2, 0.25) is 0 Å². The molecule has 0 bridgehead atoms. The van der Waals surface area contributed by atoms with Crippen LogP contribution in [0.15, 0.2) is 18.3 Å². The minimum absolute atomic E-state index is 0.0405. The van der Waals surface area contributed by atoms with Crippen molar-refractivity contribution in [3.8, 4) is 0 Å². The molecule has 0 aromatic carbocycles. The van der Waals surface area contributed by atoms with Gasteiger partial charge < -0.3 is 10.0 Å². The van der Waals surface area contributed by atoms with E-state index in [-0.39, 0.29) is 18.2 Å². The molecule has 96 valence electrons. The van der Waals surface area contributed by atoms with Gasteiger partial charge in [-0.2, -0.15) is 0 Å². The second-order valence-corrected chi connectivity index (χ2v) is 4.80. The SMILES string of the molecule is O=C(O)CC1CCN(C(=O)c2ccc(Cl)cn2)C1. The van der Waals surface area contributed by atoms with Crippen LogP contribution >= 0.6 is 11.6 Å². The highest BCUT2D eigenvalue weighted by atomic mass is 35.5. The Hall–Kier alpha value is -1.62. The second-order valence-electron chi connectivity index (χ2n) is 4.37. The molecule has 1 aromatic heterocycles. The molecule has 5 nitrogen and oxygen atoms in total. The maximum absolute atomic E-state index is 12.1. The Morgan fingerprint density at radius 3 is 2.89 bits per heavy atom. The summed E-state index contributed by atoms with van der Waals surface area (Å²) in [7, 11) is 0. The molecule has 1 aromatic rings. The normalized spacial score (nSPS) is 18.9. The molecule has 1 N–H and O–H groups in total. The minimum Gasteiger partial charge on any atom is -0.481 e. The van der Waals surface area contributed by atoms with Crippen LogP contribution in [0.5, 0.6) is 0 Å². The highest BCUT2D eigenvalue weighted by Gasteiger charge is 2.28. The van der Waals surface area contributed by atoms with Gasteiger partial charge in [0.15, 0.2) is 0 Å². The first-order valence-corrected chi connectivity index (χ1v) is 6.06. The zero-order chi connectivity index (χ0) is 13.1. The highest BCUT2D eigenvalue weighted by molar-refractivity contribution is 6.30. The third kappa shape index (κ3) is 2.98. The summed E-state index contributed by atoms with van der Waals surface area (Å²) in [5.74, 6) is -0.947. The summed E-state index contributed by atoms with van der Waals surface area (Å²) in [5.41, 5.74) is 0.343. The van der Waals surface area contributed by atoms with Crippen LogP contribution in [-0.2, 0) is 4.79 Å². The van der Waals surface area contributed by atoms with Gasteiger partial charge in [-0.15, -0.1) is 0 Å². The molecule has 0 radical (unpaired) electrons. The van der Waals surface area contributed by atoms with Crippen LogP contribution in [0, 0.1) is 5.92 Å². The quantitative estimate of drug-likeness (QED) is 0.905. The molecule has 18 heavy (non-hydrogen) atoms. The lowest BCUT2D eigenvalue weighted by molar-refractivity contribution is -0.138. The van der Waals surface area contributed by atoms with Crippen LogP contribution in [0.25, 0.3) is 0 Å². The number of carboxylic acids is 1. The molecule has 6 heteroatoms. The van der Waals surface area contributed by atoms with E-state index in [4.69, 9.17) is 16.7 Å². The number of carbonyl (C=O) groups is 2. The lowest BCUT2D eigenvalue weighted by atomic mass is 10.1. The van der Waals surface area contributed by atoms with Gasteiger partial charge in [0.05, 0.1) is 5.02 Å². The number of pyridine rings is 1. The molecule has 0 aliphatic carbocycles. The van der Waals surface area contributed by atoms with Crippen molar-refractivity contribution in [1.82, 2.24) is 9.88 Å². The van der Waals surface area contributed by atoms with Crippen LogP contribution < -0.4 is 0 Å². The summed E-state index contributed by atoms with van der Waals surface area (Å²) in [4.78, 5) is 28.3. The van der Waals surface area contributed by atoms with E-state index in [1.807, 2.05) is 0 Å². The first kappa shape index (κ1) is 12.8. The molecule has 1 amide bonds. The van der Waals surface area contributed by atoms with E-state index in [2.05, 4.69) is 4.98 Å². The van der Waals surface area contributed by atoms with Crippen molar-refractivity contribution in [1.29, 1.82) is 0 Å². The number of likely N-dealkylation sites (tertiary alicyclic amines) is 1. The van der Waals surface area contributed by atoms with E-state index in [1.54, 1.807) is 17.0 Å². The second kappa shape index (κ2) is 5.35. The fourth-order valence-corrected chi connectivity index (χ4v) is 2.21. The van der Waals surface area contributed by atoms with Crippen molar-refractivity contribution in [3.63, 3.8) is 0 Å². The van der Waals surface area contributed by atoms with E-state index in [0.717, 1.165) is 6.42 Å². The van der Waals surface area contributed by atoms with Crippen LogP contribution in [0.1, 0.15) is 23.3 Å². The first-order valence-electron chi connectivity index (χ1n) is 5.69. The largest absolute Gasteiger partial charge is 0.481 e. The monoisotopic (exact) mass is 268 g/mol. The number of rotatable bonds is 3. The highest BCUT2D eigenvalue weighted by Crippen LogP contribution is 2.21. The van der Waals surface area contributed by atoms with Gasteiger partial charge in [0.25, 0.3) is 5.91 Å². The maximum atomic E-state index is 12.1. The molecular weight excluding hydrogens is 256 g/mol. The molecule has 1 atom stereocenters. The van der Waals surface area contributed by atoms with Crippen LogP contribution in [0.3, 0.4) is 0 Å². The van der Waals surface area contributed by atoms with Crippen molar-refractivity contribution in [2.75, 3.05) is 13.1 Å². The average molecular weight is 269 g/mol. The summed E-state index contributed by atoms with van der Waals surface area (Å²) >= 11 is 5.70. The predicted molar refractivity (Wildman–Crippen MR) is 65.5 cm³/mol. The number of halogens is 1. The van der Waals surface area contributed by atoms with Gasteiger partial charge >= 0.3 is 5.97 Å². The summed E-state index contributed by atoms with van der Waals surface area (Å²) in [6.45, 7) is 1.07. The lowest BCUT2D eigenvalue weighted by Gasteiger charge is -2.15. The van der Waals surface area contributed by atoms with E-state index in [1.165, 1.54) is 6.20 Å². The zero-order valence-corrected chi connectivity index (χ0v) is 10.4. The van der Waals surface area contributed by atoms with Crippen molar-refractivity contribution in [3.05, 3.63) is 29.0 Å². The maximum Gasteiger partial charge on any atom is 0.303 e. The van der Waals surface area contributed by atoms with Crippen molar-refractivity contribution >= 4 is 23.5 Å². The fraction of sp³-hybridized carbons (Fsp3) is 0.417. The van der Waals surface area contributed by atoms with Gasteiger partial charge in [-0.25, -0.2) is 4.98 Å². The standard InChI is InChI=1S/C12H13ClN2O3/c13-9-1-2-10(14-6-9)12(18)15-4-3-8(7-15)5-11(16)17/h1-2,6,8H,3-5,7H2,(H,16,17). The van der Waals surface area contributed by atoms with Crippen molar-refractivity contribution in [2.24, 2.45) is 5.92 Å². The number of amides is 1. The topological polar surface area (TPSA) is 70.5 Å². The Bertz CT molecular complexity index is 461. The zero-order valence-electron chi connectivity index (χ0n) is 9.67. The summed E-state index contributed by atoms with van der Waals surface area (Å²) < 4.78 is 0. The number of aromatic nitrogens is 1. The molecule has 1 aliphatic rings. The third-order valence-corrected chi connectivity index (χ3v) is 3.21. The van der Waals surface area contributed by atoms with Crippen LogP contribution in [0.2, 0.25) is 5.02 Å². The lowest BCUT2D eigenvalue weighted by Crippen LogP contribution is -2.29. The molecule has 0 saturated carbocycles. The number of nitrogens with zero attached hydrogens (tertiary/aromatic N) is 2. The van der Waals surface area contributed by atoms with Crippen molar-refractivity contribution < 1.29 is 14.7 Å². The van der Waals surface area contributed by atoms with Gasteiger partial charge in [-0.05, 0) is 24.5 Å². The molecule has 1 unspecified atom stereocenters. The minimum atomic E-state index is -0.820. The number of carboxylic acid groups (broad SMARTS) is 1. The number of carbonyl (C=O) groups excluding carboxylic acids is 1. The van der Waals surface area contributed by atoms with E-state index in [0.29, 0.717) is 23.8 Å². The van der Waals surface area contributed by atoms with E-state index >= 15 is 0 Å². The van der Waals surface area contributed by atoms with Gasteiger partial charge in [-0.3, -0.25) is 9.59 Å². The van der Waals surface area contributed by atoms with Gasteiger partial charge in [-0.1, -0.05) is 11.6 Å². The summed E-state index contributed by atoms with van der Waals surface area (Å²) in [6, 6.07) is 3.20. The Labute approximate surface area is 109 Å². The Morgan fingerprint density at radius 1 is 1.50 bits per heavy atom. The average Bonchev–Trinajstić information content (AvgIpc) is 2.76. The van der Waals surface area contributed by atoms with Gasteiger partial charge in [0, 0.05) is 25.7 Å². The number of hydrogen-bond donors (Lipinski definition) is 1. The molecule has 2 rings (SSSR count). The molecule has 1 aliphatic heterocycles. The Morgan fingerprint density at radius 2 is 2.28 bits per heavy atom. The van der Waals surface area contributed by atoms with E-state index < -0.39 is 5.97 Å². The first-order chi connectivity index (χ1) is 8.56. The predicted octanol–water partition coefficient (Wildman–Crippen LogP) is 1.67. The number of aliphatic carboxylic acids is 1. The number of hydrogen-bond acceptors (Lipinski definition) is 3. The summed E-state index contributed by atoms with van der Waals surface area (Å²) in [5, 5.41) is 9.20. The third-order valence-electron chi connectivity index (χ3n) is 2.98. The van der Waals surface area contributed by atoms with Gasteiger partial charge in [0.1, 0.15) is 5.69 Å². The van der Waals surface area contributed by atoms with Crippen molar-refractivity contribution in [2.45, 2.75) is 12.8 Å². The van der Waals surface area contributed by atoms with E-state index in [9.17, 15) is 9.59 Å². The molecular formula is C12H13ClN2O3. The molecule has 1 fully saturated rings. The molecule has 0 spiro atoms. The smallest absolute Gasteiger partial charge is 0.303 e. The molecule has 1 saturated heterocycles. The summed E-state index contributed by atoms with van der Waals surface area (Å²) in [6.07, 6.45) is 2.27. The Balaban J connectivity index is 1.99.